The van der Waals surface area contributed by atoms with Gasteiger partial charge in [0.2, 0.25) is 9.84 Å². The number of anilines is 1. The number of nitrogens with one attached hydrogen (secondary N) is 1. The Hall–Kier alpha value is -2.32. The van der Waals surface area contributed by atoms with E-state index in [0.29, 0.717) is 18.7 Å². The normalized spacial score (nSPS) is 11.7. The molecule has 0 fully saturated rings. The standard InChI is InChI=1S/C18H16F2N2O2S2/c19-18(20)26(23,24)16-8-6-14(7-9-16)21-11-10-15-12-25-17(22-15)13-4-2-1-3-5-13/h1-9,12,18,21H,10-11H2. The van der Waals surface area contributed by atoms with E-state index in [4.69, 9.17) is 0 Å². The van der Waals surface area contributed by atoms with Crippen molar-refractivity contribution >= 4 is 26.9 Å². The summed E-state index contributed by atoms with van der Waals surface area (Å²) in [6, 6.07) is 15.2. The number of rotatable bonds is 7. The number of sulfone groups is 1. The highest BCUT2D eigenvalue weighted by Gasteiger charge is 2.26. The lowest BCUT2D eigenvalue weighted by atomic mass is 10.2. The van der Waals surface area contributed by atoms with Crippen molar-refractivity contribution in [3.8, 4) is 10.6 Å². The first-order valence-electron chi connectivity index (χ1n) is 7.82. The molecule has 1 aromatic heterocycles. The van der Waals surface area contributed by atoms with E-state index < -0.39 is 15.6 Å². The van der Waals surface area contributed by atoms with Gasteiger partial charge in [0.1, 0.15) is 5.01 Å². The predicted octanol–water partition coefficient (Wildman–Crippen LogP) is 4.46. The minimum Gasteiger partial charge on any atom is -0.385 e. The minimum absolute atomic E-state index is 0.384. The van der Waals surface area contributed by atoms with E-state index in [-0.39, 0.29) is 4.90 Å². The van der Waals surface area contributed by atoms with E-state index in [1.807, 2.05) is 35.7 Å². The Kier molecular flexibility index (Phi) is 5.63. The molecular formula is C18H16F2N2O2S2. The maximum atomic E-state index is 12.5. The highest BCUT2D eigenvalue weighted by Crippen LogP contribution is 2.24. The van der Waals surface area contributed by atoms with Crippen LogP contribution in [-0.4, -0.2) is 25.7 Å². The van der Waals surface area contributed by atoms with Crippen molar-refractivity contribution in [1.82, 2.24) is 4.98 Å². The van der Waals surface area contributed by atoms with Gasteiger partial charge in [-0.3, -0.25) is 0 Å². The molecule has 0 aliphatic heterocycles. The summed E-state index contributed by atoms with van der Waals surface area (Å²) in [5.74, 6) is -3.41. The molecule has 0 aliphatic carbocycles. The second-order valence-electron chi connectivity index (χ2n) is 5.52. The second kappa shape index (κ2) is 7.92. The Labute approximate surface area is 154 Å². The molecule has 136 valence electrons. The monoisotopic (exact) mass is 394 g/mol. The van der Waals surface area contributed by atoms with Crippen molar-refractivity contribution in [2.24, 2.45) is 0 Å². The molecule has 3 rings (SSSR count). The van der Waals surface area contributed by atoms with Crippen LogP contribution in [0.25, 0.3) is 10.6 Å². The number of aromatic nitrogens is 1. The Morgan fingerprint density at radius 3 is 2.38 bits per heavy atom. The number of alkyl halides is 2. The number of benzene rings is 2. The Balaban J connectivity index is 1.56. The number of nitrogens with zero attached hydrogens (tertiary/aromatic N) is 1. The molecule has 1 N–H and O–H groups in total. The molecular weight excluding hydrogens is 378 g/mol. The molecule has 1 heterocycles. The van der Waals surface area contributed by atoms with Crippen LogP contribution in [0.2, 0.25) is 0 Å². The molecule has 0 radical (unpaired) electrons. The number of halogens is 2. The van der Waals surface area contributed by atoms with Crippen molar-refractivity contribution in [3.63, 3.8) is 0 Å². The van der Waals surface area contributed by atoms with Gasteiger partial charge in [-0.15, -0.1) is 11.3 Å². The molecule has 2 aromatic carbocycles. The van der Waals surface area contributed by atoms with Crippen molar-refractivity contribution in [3.05, 3.63) is 65.7 Å². The zero-order chi connectivity index (χ0) is 18.6. The molecule has 0 spiro atoms. The molecule has 4 nitrogen and oxygen atoms in total. The summed E-state index contributed by atoms with van der Waals surface area (Å²) in [7, 11) is -4.55. The first-order valence-corrected chi connectivity index (χ1v) is 10.3. The van der Waals surface area contributed by atoms with Crippen LogP contribution in [0.1, 0.15) is 5.69 Å². The van der Waals surface area contributed by atoms with Gasteiger partial charge in [0.15, 0.2) is 0 Å². The van der Waals surface area contributed by atoms with Crippen LogP contribution in [0, 0.1) is 0 Å². The van der Waals surface area contributed by atoms with Crippen LogP contribution < -0.4 is 5.32 Å². The highest BCUT2D eigenvalue weighted by molar-refractivity contribution is 7.91. The quantitative estimate of drug-likeness (QED) is 0.643. The van der Waals surface area contributed by atoms with Gasteiger partial charge in [0.05, 0.1) is 10.6 Å². The smallest absolute Gasteiger partial charge is 0.341 e. The SMILES string of the molecule is O=S(=O)(c1ccc(NCCc2csc(-c3ccccc3)n2)cc1)C(F)F. The first kappa shape index (κ1) is 18.5. The van der Waals surface area contributed by atoms with Crippen LogP contribution in [0.5, 0.6) is 0 Å². The van der Waals surface area contributed by atoms with Gasteiger partial charge in [-0.05, 0) is 24.3 Å². The van der Waals surface area contributed by atoms with E-state index in [9.17, 15) is 17.2 Å². The summed E-state index contributed by atoms with van der Waals surface area (Å²) < 4.78 is 47.8. The third-order valence-corrected chi connectivity index (χ3v) is 6.04. The van der Waals surface area contributed by atoms with E-state index in [0.717, 1.165) is 16.3 Å². The molecule has 8 heteroatoms. The average molecular weight is 394 g/mol. The summed E-state index contributed by atoms with van der Waals surface area (Å²) in [4.78, 5) is 4.21. The third-order valence-electron chi connectivity index (χ3n) is 3.70. The fraction of sp³-hybridized carbons (Fsp3) is 0.167. The second-order valence-corrected chi connectivity index (χ2v) is 8.29. The third kappa shape index (κ3) is 4.25. The Bertz CT molecular complexity index is 956. The number of thiazole rings is 1. The van der Waals surface area contributed by atoms with Crippen LogP contribution in [-0.2, 0) is 16.3 Å². The largest absolute Gasteiger partial charge is 0.385 e. The minimum atomic E-state index is -4.55. The molecule has 0 amide bonds. The summed E-state index contributed by atoms with van der Waals surface area (Å²) >= 11 is 1.58. The fourth-order valence-corrected chi connectivity index (χ4v) is 3.92. The Morgan fingerprint density at radius 1 is 1.04 bits per heavy atom. The first-order chi connectivity index (χ1) is 12.5. The van der Waals surface area contributed by atoms with Crippen LogP contribution in [0.15, 0.2) is 64.9 Å². The van der Waals surface area contributed by atoms with Crippen molar-refractivity contribution in [2.75, 3.05) is 11.9 Å². The molecule has 0 bridgehead atoms. The summed E-state index contributed by atoms with van der Waals surface area (Å²) in [6.45, 7) is 0.596. The molecule has 26 heavy (non-hydrogen) atoms. The lowest BCUT2D eigenvalue weighted by molar-refractivity contribution is 0.234. The van der Waals surface area contributed by atoms with Crippen molar-refractivity contribution < 1.29 is 17.2 Å². The molecule has 0 aliphatic rings. The van der Waals surface area contributed by atoms with E-state index in [1.54, 1.807) is 11.3 Å². The summed E-state index contributed by atoms with van der Waals surface area (Å²) in [5, 5.41) is 6.09. The van der Waals surface area contributed by atoms with E-state index >= 15 is 0 Å². The maximum Gasteiger partial charge on any atom is 0.341 e. The number of hydrogen-bond acceptors (Lipinski definition) is 5. The molecule has 0 atom stereocenters. The van der Waals surface area contributed by atoms with Gasteiger partial charge in [-0.2, -0.15) is 8.78 Å². The van der Waals surface area contributed by atoms with Crippen molar-refractivity contribution in [2.45, 2.75) is 17.1 Å². The van der Waals surface area contributed by atoms with Gasteiger partial charge in [-0.25, -0.2) is 13.4 Å². The molecule has 0 saturated carbocycles. The Morgan fingerprint density at radius 2 is 1.73 bits per heavy atom. The molecule has 0 saturated heterocycles. The van der Waals surface area contributed by atoms with Crippen LogP contribution in [0.3, 0.4) is 0 Å². The van der Waals surface area contributed by atoms with Gasteiger partial charge in [0, 0.05) is 29.6 Å². The zero-order valence-corrected chi connectivity index (χ0v) is 15.2. The van der Waals surface area contributed by atoms with Crippen LogP contribution in [0.4, 0.5) is 14.5 Å². The predicted molar refractivity (Wildman–Crippen MR) is 99.4 cm³/mol. The van der Waals surface area contributed by atoms with Gasteiger partial charge in [0.25, 0.3) is 0 Å². The maximum absolute atomic E-state index is 12.5. The van der Waals surface area contributed by atoms with Gasteiger partial charge >= 0.3 is 5.76 Å². The zero-order valence-electron chi connectivity index (χ0n) is 13.6. The van der Waals surface area contributed by atoms with E-state index in [2.05, 4.69) is 10.3 Å². The number of hydrogen-bond donors (Lipinski definition) is 1. The lowest BCUT2D eigenvalue weighted by Crippen LogP contribution is -2.11. The lowest BCUT2D eigenvalue weighted by Gasteiger charge is -2.07. The van der Waals surface area contributed by atoms with Gasteiger partial charge < -0.3 is 5.32 Å². The molecule has 0 unspecified atom stereocenters. The van der Waals surface area contributed by atoms with E-state index in [1.165, 1.54) is 24.3 Å². The summed E-state index contributed by atoms with van der Waals surface area (Å²) in [6.07, 6.45) is 0.695. The highest BCUT2D eigenvalue weighted by atomic mass is 32.2. The molecule has 3 aromatic rings. The average Bonchev–Trinajstić information content (AvgIpc) is 3.12. The van der Waals surface area contributed by atoms with Crippen LogP contribution >= 0.6 is 11.3 Å². The summed E-state index contributed by atoms with van der Waals surface area (Å²) in [5.41, 5.74) is 2.70. The van der Waals surface area contributed by atoms with Gasteiger partial charge in [-0.1, -0.05) is 30.3 Å². The fourth-order valence-electron chi connectivity index (χ4n) is 2.34. The topological polar surface area (TPSA) is 59.1 Å². The van der Waals surface area contributed by atoms with Crippen molar-refractivity contribution in [1.29, 1.82) is 0 Å².